The number of hydrogen-bond acceptors (Lipinski definition) is 4. The van der Waals surface area contributed by atoms with E-state index in [1.54, 1.807) is 7.05 Å². The van der Waals surface area contributed by atoms with Crippen molar-refractivity contribution in [2.75, 3.05) is 0 Å². The standard InChI is InChI=1S/C7H6N4O3/c1-11-5-3(2-8-11)9-4(7(13)14)6(12)10-5/h2H,1H3,(H,10,12)(H,13,14). The zero-order chi connectivity index (χ0) is 10.3. The Morgan fingerprint density at radius 1 is 1.64 bits per heavy atom. The number of fused-ring (bicyclic) bond motifs is 1. The second kappa shape index (κ2) is 2.66. The van der Waals surface area contributed by atoms with E-state index in [4.69, 9.17) is 5.11 Å². The second-order valence-electron chi connectivity index (χ2n) is 2.72. The molecule has 0 fully saturated rings. The Balaban J connectivity index is 2.86. The third-order valence-corrected chi connectivity index (χ3v) is 1.80. The molecule has 72 valence electrons. The van der Waals surface area contributed by atoms with Crippen LogP contribution in [0.1, 0.15) is 10.5 Å². The molecule has 0 saturated heterocycles. The fraction of sp³-hybridized carbons (Fsp3) is 0.143. The van der Waals surface area contributed by atoms with Crippen LogP contribution in [0.5, 0.6) is 0 Å². The van der Waals surface area contributed by atoms with Gasteiger partial charge in [0.1, 0.15) is 5.52 Å². The lowest BCUT2D eigenvalue weighted by molar-refractivity contribution is 0.0689. The Labute approximate surface area is 77.0 Å². The summed E-state index contributed by atoms with van der Waals surface area (Å²) in [6.07, 6.45) is 1.39. The summed E-state index contributed by atoms with van der Waals surface area (Å²) in [4.78, 5) is 27.8. The number of carboxylic acid groups (broad SMARTS) is 1. The summed E-state index contributed by atoms with van der Waals surface area (Å²) in [6, 6.07) is 0. The average Bonchev–Trinajstić information content (AvgIpc) is 2.46. The third-order valence-electron chi connectivity index (χ3n) is 1.80. The van der Waals surface area contributed by atoms with E-state index in [2.05, 4.69) is 15.1 Å². The summed E-state index contributed by atoms with van der Waals surface area (Å²) >= 11 is 0. The van der Waals surface area contributed by atoms with E-state index in [9.17, 15) is 9.59 Å². The zero-order valence-corrected chi connectivity index (χ0v) is 7.18. The van der Waals surface area contributed by atoms with Crippen LogP contribution < -0.4 is 5.56 Å². The number of aromatic carboxylic acids is 1. The van der Waals surface area contributed by atoms with Crippen LogP contribution in [0.2, 0.25) is 0 Å². The van der Waals surface area contributed by atoms with Gasteiger partial charge in [-0.15, -0.1) is 0 Å². The van der Waals surface area contributed by atoms with Crippen LogP contribution in [-0.4, -0.2) is 30.8 Å². The second-order valence-corrected chi connectivity index (χ2v) is 2.72. The molecule has 2 aromatic rings. The molecule has 0 aliphatic carbocycles. The maximum Gasteiger partial charge on any atom is 0.360 e. The maximum atomic E-state index is 11.2. The van der Waals surface area contributed by atoms with Gasteiger partial charge in [-0.2, -0.15) is 5.10 Å². The Morgan fingerprint density at radius 2 is 2.36 bits per heavy atom. The van der Waals surface area contributed by atoms with E-state index < -0.39 is 17.2 Å². The SMILES string of the molecule is Cn1ncc2nc(C(=O)O)c(=O)[nH]c21. The maximum absolute atomic E-state index is 11.2. The molecule has 0 aliphatic heterocycles. The van der Waals surface area contributed by atoms with Crippen molar-refractivity contribution in [2.45, 2.75) is 0 Å². The smallest absolute Gasteiger partial charge is 0.360 e. The first-order chi connectivity index (χ1) is 6.59. The first-order valence-corrected chi connectivity index (χ1v) is 3.75. The quantitative estimate of drug-likeness (QED) is 0.628. The molecule has 0 atom stereocenters. The molecule has 0 spiro atoms. The molecule has 2 rings (SSSR count). The summed E-state index contributed by atoms with van der Waals surface area (Å²) < 4.78 is 1.41. The van der Waals surface area contributed by atoms with Gasteiger partial charge in [-0.25, -0.2) is 9.78 Å². The number of nitrogens with zero attached hydrogens (tertiary/aromatic N) is 3. The Morgan fingerprint density at radius 3 is 3.00 bits per heavy atom. The fourth-order valence-electron chi connectivity index (χ4n) is 1.14. The molecule has 0 amide bonds. The summed E-state index contributed by atoms with van der Waals surface area (Å²) in [5.41, 5.74) is -0.497. The largest absolute Gasteiger partial charge is 0.476 e. The van der Waals surface area contributed by atoms with Gasteiger partial charge in [-0.1, -0.05) is 0 Å². The molecule has 0 aliphatic rings. The first kappa shape index (κ1) is 8.42. The van der Waals surface area contributed by atoms with Gasteiger partial charge in [0.25, 0.3) is 5.56 Å². The highest BCUT2D eigenvalue weighted by atomic mass is 16.4. The van der Waals surface area contributed by atoms with Gasteiger partial charge in [0.05, 0.1) is 6.20 Å². The molecule has 7 heteroatoms. The number of H-pyrrole nitrogens is 1. The van der Waals surface area contributed by atoms with Crippen molar-refractivity contribution in [3.63, 3.8) is 0 Å². The van der Waals surface area contributed by atoms with E-state index in [1.165, 1.54) is 10.9 Å². The van der Waals surface area contributed by atoms with Gasteiger partial charge in [0.2, 0.25) is 5.69 Å². The minimum atomic E-state index is -1.35. The normalized spacial score (nSPS) is 10.6. The van der Waals surface area contributed by atoms with Crippen LogP contribution in [0, 0.1) is 0 Å². The van der Waals surface area contributed by atoms with Crippen molar-refractivity contribution in [1.82, 2.24) is 19.7 Å². The number of carboxylic acids is 1. The van der Waals surface area contributed by atoms with E-state index in [0.717, 1.165) is 0 Å². The summed E-state index contributed by atoms with van der Waals surface area (Å²) in [5.74, 6) is -1.35. The lowest BCUT2D eigenvalue weighted by Gasteiger charge is -1.94. The number of carbonyl (C=O) groups is 1. The molecule has 2 heterocycles. The number of nitrogens with one attached hydrogen (secondary N) is 1. The lowest BCUT2D eigenvalue weighted by Crippen LogP contribution is -2.20. The fourth-order valence-corrected chi connectivity index (χ4v) is 1.14. The van der Waals surface area contributed by atoms with Crippen molar-refractivity contribution < 1.29 is 9.90 Å². The van der Waals surface area contributed by atoms with Crippen molar-refractivity contribution in [2.24, 2.45) is 7.05 Å². The first-order valence-electron chi connectivity index (χ1n) is 3.75. The molecule has 0 unspecified atom stereocenters. The summed E-state index contributed by atoms with van der Waals surface area (Å²) in [5, 5.41) is 12.5. The van der Waals surface area contributed by atoms with Crippen LogP contribution in [0.15, 0.2) is 11.0 Å². The summed E-state index contributed by atoms with van der Waals surface area (Å²) in [7, 11) is 1.63. The minimum absolute atomic E-state index is 0.351. The number of aromatic nitrogens is 4. The molecule has 0 aromatic carbocycles. The number of aromatic amines is 1. The van der Waals surface area contributed by atoms with Gasteiger partial charge >= 0.3 is 5.97 Å². The van der Waals surface area contributed by atoms with Gasteiger partial charge in [-0.3, -0.25) is 9.48 Å². The zero-order valence-electron chi connectivity index (χ0n) is 7.18. The molecule has 0 radical (unpaired) electrons. The topological polar surface area (TPSA) is 101 Å². The molecule has 0 saturated carbocycles. The van der Waals surface area contributed by atoms with Gasteiger partial charge < -0.3 is 10.1 Å². The Bertz CT molecular complexity index is 568. The molecular weight excluding hydrogens is 188 g/mol. The number of aryl methyl sites for hydroxylation is 1. The monoisotopic (exact) mass is 194 g/mol. The van der Waals surface area contributed by atoms with E-state index in [-0.39, 0.29) is 0 Å². The van der Waals surface area contributed by atoms with Crippen molar-refractivity contribution in [1.29, 1.82) is 0 Å². The third kappa shape index (κ3) is 1.06. The van der Waals surface area contributed by atoms with Crippen LogP contribution >= 0.6 is 0 Å². The highest BCUT2D eigenvalue weighted by Gasteiger charge is 2.13. The van der Waals surface area contributed by atoms with E-state index in [0.29, 0.717) is 11.2 Å². The predicted octanol–water partition coefficient (Wildman–Crippen LogP) is -0.645. The number of hydrogen-bond donors (Lipinski definition) is 2. The molecule has 2 aromatic heterocycles. The van der Waals surface area contributed by atoms with Crippen LogP contribution in [0.4, 0.5) is 0 Å². The summed E-state index contributed by atoms with van der Waals surface area (Å²) in [6.45, 7) is 0. The highest BCUT2D eigenvalue weighted by Crippen LogP contribution is 2.03. The van der Waals surface area contributed by atoms with Crippen LogP contribution in [-0.2, 0) is 7.05 Å². The van der Waals surface area contributed by atoms with Gasteiger partial charge in [0, 0.05) is 7.05 Å². The van der Waals surface area contributed by atoms with Crippen LogP contribution in [0.25, 0.3) is 11.2 Å². The van der Waals surface area contributed by atoms with Gasteiger partial charge in [0.15, 0.2) is 5.65 Å². The minimum Gasteiger partial charge on any atom is -0.476 e. The van der Waals surface area contributed by atoms with Crippen molar-refractivity contribution >= 4 is 17.1 Å². The van der Waals surface area contributed by atoms with Gasteiger partial charge in [-0.05, 0) is 0 Å². The van der Waals surface area contributed by atoms with Crippen molar-refractivity contribution in [3.05, 3.63) is 22.2 Å². The Hall–Kier alpha value is -2.18. The van der Waals surface area contributed by atoms with E-state index in [1.807, 2.05) is 0 Å². The molecule has 7 nitrogen and oxygen atoms in total. The van der Waals surface area contributed by atoms with E-state index >= 15 is 0 Å². The Kier molecular flexibility index (Phi) is 1.60. The average molecular weight is 194 g/mol. The molecular formula is C7H6N4O3. The van der Waals surface area contributed by atoms with Crippen LogP contribution in [0.3, 0.4) is 0 Å². The predicted molar refractivity (Wildman–Crippen MR) is 46.1 cm³/mol. The molecule has 2 N–H and O–H groups in total. The lowest BCUT2D eigenvalue weighted by atomic mass is 10.4. The molecule has 0 bridgehead atoms. The van der Waals surface area contributed by atoms with Crippen molar-refractivity contribution in [3.8, 4) is 0 Å². The molecule has 14 heavy (non-hydrogen) atoms. The highest BCUT2D eigenvalue weighted by molar-refractivity contribution is 5.87. The number of rotatable bonds is 1.